The summed E-state index contributed by atoms with van der Waals surface area (Å²) in [7, 11) is 0. The number of aromatic nitrogens is 6. The Labute approximate surface area is 216 Å². The van der Waals surface area contributed by atoms with Crippen molar-refractivity contribution in [3.8, 4) is 11.4 Å². The van der Waals surface area contributed by atoms with Crippen molar-refractivity contribution in [3.05, 3.63) is 12.4 Å². The molecule has 0 radical (unpaired) electrons. The van der Waals surface area contributed by atoms with Crippen LogP contribution in [-0.2, 0) is 16.0 Å². The van der Waals surface area contributed by atoms with Gasteiger partial charge in [-0.1, -0.05) is 0 Å². The van der Waals surface area contributed by atoms with E-state index in [0.717, 1.165) is 4.57 Å². The number of carbonyl (C=O) groups is 1. The monoisotopic (exact) mass is 538 g/mol. The molecule has 13 nitrogen and oxygen atoms in total. The summed E-state index contributed by atoms with van der Waals surface area (Å²) in [6.45, 7) is 6.05. The molecule has 3 aromatic rings. The van der Waals surface area contributed by atoms with Crippen molar-refractivity contribution < 1.29 is 27.4 Å². The number of nitrogens with zero attached hydrogens (tertiary/aromatic N) is 7. The number of halogens is 3. The maximum atomic E-state index is 13.5. The molecular weight excluding hydrogens is 509 g/mol. The SMILES string of the molecule is CC(C)(C)OC(=O)Nc1ncc(-c2nc(N3CCOCC3)c3nc(NCCN)n(CC(F)(F)F)c3n2)cn1. The van der Waals surface area contributed by atoms with Crippen molar-refractivity contribution in [2.45, 2.75) is 39.1 Å². The molecule has 0 atom stereocenters. The molecule has 4 N–H and O–H groups in total. The van der Waals surface area contributed by atoms with Gasteiger partial charge in [-0.25, -0.2) is 29.7 Å². The van der Waals surface area contributed by atoms with Crippen LogP contribution in [0.15, 0.2) is 12.4 Å². The predicted octanol–water partition coefficient (Wildman–Crippen LogP) is 2.40. The summed E-state index contributed by atoms with van der Waals surface area (Å²) >= 11 is 0. The van der Waals surface area contributed by atoms with Crippen LogP contribution in [0, 0.1) is 0 Å². The Bertz CT molecular complexity index is 1270. The molecule has 1 fully saturated rings. The number of amides is 1. The molecule has 1 saturated heterocycles. The minimum absolute atomic E-state index is 0.00991. The number of fused-ring (bicyclic) bond motifs is 1. The van der Waals surface area contributed by atoms with E-state index in [1.54, 1.807) is 20.8 Å². The molecule has 0 saturated carbocycles. The third-order valence-electron chi connectivity index (χ3n) is 5.17. The van der Waals surface area contributed by atoms with Gasteiger partial charge in [0.15, 0.2) is 22.8 Å². The quantitative estimate of drug-likeness (QED) is 0.406. The lowest BCUT2D eigenvalue weighted by Gasteiger charge is -2.28. The minimum atomic E-state index is -4.53. The molecule has 3 aromatic heterocycles. The molecule has 4 heterocycles. The van der Waals surface area contributed by atoms with Gasteiger partial charge in [-0.05, 0) is 20.8 Å². The molecule has 0 aromatic carbocycles. The molecular formula is C22H29F3N10O3. The lowest BCUT2D eigenvalue weighted by Crippen LogP contribution is -2.37. The van der Waals surface area contributed by atoms with Crippen molar-refractivity contribution in [1.82, 2.24) is 29.5 Å². The van der Waals surface area contributed by atoms with E-state index in [1.165, 1.54) is 12.4 Å². The number of imidazole rings is 1. The Morgan fingerprint density at radius 3 is 2.42 bits per heavy atom. The van der Waals surface area contributed by atoms with E-state index in [2.05, 4.69) is 35.6 Å². The third-order valence-corrected chi connectivity index (χ3v) is 5.17. The van der Waals surface area contributed by atoms with Gasteiger partial charge in [-0.3, -0.25) is 9.88 Å². The normalized spacial score (nSPS) is 14.6. The topological polar surface area (TPSA) is 158 Å². The van der Waals surface area contributed by atoms with E-state index in [1.807, 2.05) is 4.90 Å². The molecule has 1 amide bonds. The highest BCUT2D eigenvalue weighted by molar-refractivity contribution is 5.88. The van der Waals surface area contributed by atoms with Crippen molar-refractivity contribution in [2.24, 2.45) is 5.73 Å². The van der Waals surface area contributed by atoms with Gasteiger partial charge in [-0.2, -0.15) is 13.2 Å². The molecule has 1 aliphatic rings. The Morgan fingerprint density at radius 1 is 1.13 bits per heavy atom. The van der Waals surface area contributed by atoms with E-state index in [4.69, 9.17) is 15.2 Å². The summed E-state index contributed by atoms with van der Waals surface area (Å²) in [5, 5.41) is 5.27. The lowest BCUT2D eigenvalue weighted by atomic mass is 10.2. The summed E-state index contributed by atoms with van der Waals surface area (Å²) in [6, 6.07) is 0. The van der Waals surface area contributed by atoms with Crippen LogP contribution in [0.25, 0.3) is 22.6 Å². The van der Waals surface area contributed by atoms with Gasteiger partial charge in [0, 0.05) is 38.6 Å². The van der Waals surface area contributed by atoms with E-state index in [9.17, 15) is 18.0 Å². The van der Waals surface area contributed by atoms with Crippen LogP contribution >= 0.6 is 0 Å². The summed E-state index contributed by atoms with van der Waals surface area (Å²) < 4.78 is 52.2. The van der Waals surface area contributed by atoms with Crippen molar-refractivity contribution in [1.29, 1.82) is 0 Å². The second-order valence-corrected chi connectivity index (χ2v) is 9.42. The molecule has 0 spiro atoms. The Hall–Kier alpha value is -3.79. The Morgan fingerprint density at radius 2 is 1.82 bits per heavy atom. The van der Waals surface area contributed by atoms with Crippen molar-refractivity contribution >= 4 is 35.0 Å². The van der Waals surface area contributed by atoms with Crippen LogP contribution in [0.4, 0.5) is 35.7 Å². The summed E-state index contributed by atoms with van der Waals surface area (Å²) in [6.07, 6.45) is -2.54. The highest BCUT2D eigenvalue weighted by Crippen LogP contribution is 2.32. The zero-order valence-corrected chi connectivity index (χ0v) is 21.2. The van der Waals surface area contributed by atoms with Crippen LogP contribution in [0.5, 0.6) is 0 Å². The number of ether oxygens (including phenoxy) is 2. The highest BCUT2D eigenvalue weighted by Gasteiger charge is 2.32. The van der Waals surface area contributed by atoms with Gasteiger partial charge in [0.1, 0.15) is 12.1 Å². The number of hydrogen-bond acceptors (Lipinski definition) is 11. The summed E-state index contributed by atoms with van der Waals surface area (Å²) in [5.41, 5.74) is 5.37. The maximum absolute atomic E-state index is 13.5. The Kier molecular flexibility index (Phi) is 7.82. The fourth-order valence-corrected chi connectivity index (χ4v) is 3.66. The zero-order chi connectivity index (χ0) is 27.5. The molecule has 38 heavy (non-hydrogen) atoms. The number of hydrogen-bond donors (Lipinski definition) is 3. The van der Waals surface area contributed by atoms with E-state index < -0.39 is 24.4 Å². The molecule has 0 aliphatic carbocycles. The first-order valence-electron chi connectivity index (χ1n) is 11.9. The van der Waals surface area contributed by atoms with Gasteiger partial charge >= 0.3 is 12.3 Å². The largest absolute Gasteiger partial charge is 0.444 e. The molecule has 206 valence electrons. The standard InChI is InChI=1S/C22H29F3N10O3/c1-21(2,3)38-20(36)33-18-28-10-13(11-29-18)15-31-16(34-6-8-37-9-7-34)14-17(32-15)35(12-22(23,24)25)19(30-14)27-5-4-26/h10-11H,4-9,12,26H2,1-3H3,(H,27,30)(H,28,29,33,36). The first kappa shape index (κ1) is 27.3. The number of nitrogens with one attached hydrogen (secondary N) is 2. The van der Waals surface area contributed by atoms with Crippen LogP contribution in [0.3, 0.4) is 0 Å². The summed E-state index contributed by atoms with van der Waals surface area (Å²) in [4.78, 5) is 35.6. The van der Waals surface area contributed by atoms with Crippen LogP contribution in [-0.4, -0.2) is 86.8 Å². The van der Waals surface area contributed by atoms with Crippen molar-refractivity contribution in [3.63, 3.8) is 0 Å². The van der Waals surface area contributed by atoms with Gasteiger partial charge in [0.25, 0.3) is 0 Å². The number of carbonyl (C=O) groups excluding carboxylic acids is 1. The van der Waals surface area contributed by atoms with E-state index in [0.29, 0.717) is 37.7 Å². The number of morpholine rings is 1. The second kappa shape index (κ2) is 10.9. The first-order valence-corrected chi connectivity index (χ1v) is 11.9. The van der Waals surface area contributed by atoms with Gasteiger partial charge in [-0.15, -0.1) is 0 Å². The minimum Gasteiger partial charge on any atom is -0.444 e. The van der Waals surface area contributed by atoms with Crippen molar-refractivity contribution in [2.75, 3.05) is 54.9 Å². The predicted molar refractivity (Wildman–Crippen MR) is 133 cm³/mol. The number of anilines is 3. The number of rotatable bonds is 7. The van der Waals surface area contributed by atoms with E-state index in [-0.39, 0.29) is 42.0 Å². The highest BCUT2D eigenvalue weighted by atomic mass is 19.4. The molecule has 1 aliphatic heterocycles. The summed E-state index contributed by atoms with van der Waals surface area (Å²) in [5.74, 6) is 0.419. The average molecular weight is 539 g/mol. The third kappa shape index (κ3) is 6.74. The molecule has 0 unspecified atom stereocenters. The van der Waals surface area contributed by atoms with Crippen LogP contribution in [0.1, 0.15) is 20.8 Å². The average Bonchev–Trinajstić information content (AvgIpc) is 3.17. The zero-order valence-electron chi connectivity index (χ0n) is 21.2. The first-order chi connectivity index (χ1) is 17.9. The number of alkyl halides is 3. The van der Waals surface area contributed by atoms with E-state index >= 15 is 0 Å². The van der Waals surface area contributed by atoms with Crippen LogP contribution in [0.2, 0.25) is 0 Å². The fourth-order valence-electron chi connectivity index (χ4n) is 3.66. The van der Waals surface area contributed by atoms with Gasteiger partial charge in [0.2, 0.25) is 11.9 Å². The maximum Gasteiger partial charge on any atom is 0.414 e. The fraction of sp³-hybridized carbons (Fsp3) is 0.545. The Balaban J connectivity index is 1.76. The smallest absolute Gasteiger partial charge is 0.414 e. The van der Waals surface area contributed by atoms with Gasteiger partial charge < -0.3 is 25.4 Å². The molecule has 0 bridgehead atoms. The van der Waals surface area contributed by atoms with Crippen LogP contribution < -0.4 is 21.3 Å². The molecule has 16 heteroatoms. The van der Waals surface area contributed by atoms with Gasteiger partial charge in [0.05, 0.1) is 18.8 Å². The lowest BCUT2D eigenvalue weighted by molar-refractivity contribution is -0.139. The number of nitrogens with two attached hydrogens (primary N) is 1. The second-order valence-electron chi connectivity index (χ2n) is 9.42. The molecule has 4 rings (SSSR count).